The lowest BCUT2D eigenvalue weighted by Crippen LogP contribution is -2.26. The Morgan fingerprint density at radius 2 is 2.00 bits per heavy atom. The maximum atomic E-state index is 11.7. The number of carbonyl (C=O) groups excluding carboxylic acids is 2. The molecule has 0 radical (unpaired) electrons. The molecule has 1 heterocycles. The van der Waals surface area contributed by atoms with Crippen molar-refractivity contribution < 1.29 is 14.3 Å². The minimum atomic E-state index is -0.492. The standard InChI is InChI=1S/C15H18N4O3S/c1-11-18-19-14(23-11)17-13(20)8-5-9-16-15(21)22-10-12-6-3-2-4-7-12/h2-4,6-7H,5,8-10H2,1H3,(H,16,21)(H,17,19,20). The predicted octanol–water partition coefficient (Wildman–Crippen LogP) is 2.49. The number of hydrogen-bond donors (Lipinski definition) is 2. The fourth-order valence-corrected chi connectivity index (χ4v) is 2.35. The first kappa shape index (κ1) is 16.9. The molecule has 2 N–H and O–H groups in total. The molecule has 0 aliphatic carbocycles. The first-order valence-corrected chi connectivity index (χ1v) is 7.99. The molecule has 0 fully saturated rings. The molecule has 7 nitrogen and oxygen atoms in total. The van der Waals surface area contributed by atoms with Gasteiger partial charge in [-0.1, -0.05) is 41.7 Å². The van der Waals surface area contributed by atoms with Gasteiger partial charge in [-0.2, -0.15) is 0 Å². The lowest BCUT2D eigenvalue weighted by atomic mass is 10.2. The number of alkyl carbamates (subject to hydrolysis) is 1. The van der Waals surface area contributed by atoms with Gasteiger partial charge in [-0.15, -0.1) is 10.2 Å². The van der Waals surface area contributed by atoms with Crippen molar-refractivity contribution in [3.8, 4) is 0 Å². The number of anilines is 1. The van der Waals surface area contributed by atoms with Crippen molar-refractivity contribution in [3.63, 3.8) is 0 Å². The number of aromatic nitrogens is 2. The molecular weight excluding hydrogens is 316 g/mol. The van der Waals surface area contributed by atoms with E-state index in [1.54, 1.807) is 0 Å². The van der Waals surface area contributed by atoms with Gasteiger partial charge in [0.1, 0.15) is 11.6 Å². The summed E-state index contributed by atoms with van der Waals surface area (Å²) in [7, 11) is 0. The summed E-state index contributed by atoms with van der Waals surface area (Å²) in [6.45, 7) is 2.41. The second-order valence-electron chi connectivity index (χ2n) is 4.77. The van der Waals surface area contributed by atoms with Crippen molar-refractivity contribution in [3.05, 3.63) is 40.9 Å². The van der Waals surface area contributed by atoms with Gasteiger partial charge in [-0.25, -0.2) is 4.79 Å². The summed E-state index contributed by atoms with van der Waals surface area (Å²) in [4.78, 5) is 23.2. The Bertz CT molecular complexity index is 645. The van der Waals surface area contributed by atoms with Gasteiger partial charge in [-0.05, 0) is 18.9 Å². The lowest BCUT2D eigenvalue weighted by Gasteiger charge is -2.07. The number of benzene rings is 1. The molecule has 23 heavy (non-hydrogen) atoms. The predicted molar refractivity (Wildman–Crippen MR) is 87.1 cm³/mol. The number of ether oxygens (including phenoxy) is 1. The number of rotatable bonds is 7. The molecule has 0 bridgehead atoms. The maximum absolute atomic E-state index is 11.7. The van der Waals surface area contributed by atoms with Gasteiger partial charge in [0.2, 0.25) is 11.0 Å². The highest BCUT2D eigenvalue weighted by Gasteiger charge is 2.07. The molecule has 0 aliphatic heterocycles. The molecule has 0 saturated carbocycles. The Hall–Kier alpha value is -2.48. The first-order chi connectivity index (χ1) is 11.1. The number of amides is 2. The average molecular weight is 334 g/mol. The molecule has 0 unspecified atom stereocenters. The molecule has 1 aromatic carbocycles. The van der Waals surface area contributed by atoms with Gasteiger partial charge in [0.05, 0.1) is 0 Å². The van der Waals surface area contributed by atoms with E-state index in [1.807, 2.05) is 37.3 Å². The van der Waals surface area contributed by atoms with Gasteiger partial charge >= 0.3 is 6.09 Å². The van der Waals surface area contributed by atoms with E-state index in [0.29, 0.717) is 18.1 Å². The molecule has 0 spiro atoms. The van der Waals surface area contributed by atoms with Crippen LogP contribution in [0, 0.1) is 6.92 Å². The fraction of sp³-hybridized carbons (Fsp3) is 0.333. The SMILES string of the molecule is Cc1nnc(NC(=O)CCCNC(=O)OCc2ccccc2)s1. The lowest BCUT2D eigenvalue weighted by molar-refractivity contribution is -0.116. The molecule has 122 valence electrons. The van der Waals surface area contributed by atoms with E-state index in [0.717, 1.165) is 10.6 Å². The van der Waals surface area contributed by atoms with Gasteiger partial charge in [0.15, 0.2) is 0 Å². The number of aryl methyl sites for hydroxylation is 1. The Labute approximate surface area is 138 Å². The fourth-order valence-electron chi connectivity index (χ4n) is 1.74. The van der Waals surface area contributed by atoms with Crippen molar-refractivity contribution in [2.75, 3.05) is 11.9 Å². The highest BCUT2D eigenvalue weighted by Crippen LogP contribution is 2.13. The van der Waals surface area contributed by atoms with Crippen molar-refractivity contribution in [2.24, 2.45) is 0 Å². The average Bonchev–Trinajstić information content (AvgIpc) is 2.95. The van der Waals surface area contributed by atoms with E-state index in [9.17, 15) is 9.59 Å². The number of carbonyl (C=O) groups is 2. The largest absolute Gasteiger partial charge is 0.445 e. The molecular formula is C15H18N4O3S. The second kappa shape index (κ2) is 8.84. The number of nitrogens with zero attached hydrogens (tertiary/aromatic N) is 2. The van der Waals surface area contributed by atoms with Crippen molar-refractivity contribution >= 4 is 28.5 Å². The van der Waals surface area contributed by atoms with Gasteiger partial charge in [-0.3, -0.25) is 4.79 Å². The van der Waals surface area contributed by atoms with E-state index < -0.39 is 6.09 Å². The molecule has 0 saturated heterocycles. The van der Waals surface area contributed by atoms with E-state index in [1.165, 1.54) is 11.3 Å². The molecule has 0 atom stereocenters. The van der Waals surface area contributed by atoms with E-state index in [2.05, 4.69) is 20.8 Å². The summed E-state index contributed by atoms with van der Waals surface area (Å²) < 4.78 is 5.07. The topological polar surface area (TPSA) is 93.2 Å². The Balaban J connectivity index is 1.56. The van der Waals surface area contributed by atoms with Gasteiger partial charge < -0.3 is 15.4 Å². The van der Waals surface area contributed by atoms with Crippen LogP contribution in [0.2, 0.25) is 0 Å². The highest BCUT2D eigenvalue weighted by atomic mass is 32.1. The summed E-state index contributed by atoms with van der Waals surface area (Å²) >= 11 is 1.32. The van der Waals surface area contributed by atoms with Crippen LogP contribution in [-0.2, 0) is 16.1 Å². The maximum Gasteiger partial charge on any atom is 0.407 e. The van der Waals surface area contributed by atoms with E-state index in [-0.39, 0.29) is 18.9 Å². The molecule has 0 aliphatic rings. The van der Waals surface area contributed by atoms with Crippen molar-refractivity contribution in [2.45, 2.75) is 26.4 Å². The van der Waals surface area contributed by atoms with E-state index in [4.69, 9.17) is 4.74 Å². The van der Waals surface area contributed by atoms with Crippen molar-refractivity contribution in [1.29, 1.82) is 0 Å². The molecule has 8 heteroatoms. The molecule has 2 rings (SSSR count). The minimum Gasteiger partial charge on any atom is -0.445 e. The monoisotopic (exact) mass is 334 g/mol. The Morgan fingerprint density at radius 1 is 1.22 bits per heavy atom. The normalized spacial score (nSPS) is 10.1. The molecule has 2 aromatic rings. The zero-order valence-corrected chi connectivity index (χ0v) is 13.6. The molecule has 1 aromatic heterocycles. The third-order valence-corrected chi connectivity index (χ3v) is 3.59. The third-order valence-electron chi connectivity index (χ3n) is 2.84. The van der Waals surface area contributed by atoms with Gasteiger partial charge in [0.25, 0.3) is 0 Å². The Kier molecular flexibility index (Phi) is 6.49. The van der Waals surface area contributed by atoms with Crippen LogP contribution in [0.1, 0.15) is 23.4 Å². The third kappa shape index (κ3) is 6.43. The van der Waals surface area contributed by atoms with Crippen LogP contribution in [0.5, 0.6) is 0 Å². The van der Waals surface area contributed by atoms with Crippen LogP contribution in [0.25, 0.3) is 0 Å². The van der Waals surface area contributed by atoms with Crippen LogP contribution in [-0.4, -0.2) is 28.7 Å². The number of nitrogens with one attached hydrogen (secondary N) is 2. The quantitative estimate of drug-likeness (QED) is 0.759. The first-order valence-electron chi connectivity index (χ1n) is 7.18. The molecule has 2 amide bonds. The highest BCUT2D eigenvalue weighted by molar-refractivity contribution is 7.15. The Morgan fingerprint density at radius 3 is 2.70 bits per heavy atom. The van der Waals surface area contributed by atoms with Crippen LogP contribution in [0.4, 0.5) is 9.93 Å². The summed E-state index contributed by atoms with van der Waals surface area (Å²) in [6, 6.07) is 9.43. The zero-order valence-electron chi connectivity index (χ0n) is 12.7. The second-order valence-corrected chi connectivity index (χ2v) is 5.95. The van der Waals surface area contributed by atoms with E-state index >= 15 is 0 Å². The van der Waals surface area contributed by atoms with Crippen LogP contribution in [0.3, 0.4) is 0 Å². The van der Waals surface area contributed by atoms with Crippen LogP contribution >= 0.6 is 11.3 Å². The van der Waals surface area contributed by atoms with Gasteiger partial charge in [0, 0.05) is 13.0 Å². The number of hydrogen-bond acceptors (Lipinski definition) is 6. The smallest absolute Gasteiger partial charge is 0.407 e. The van der Waals surface area contributed by atoms with Crippen LogP contribution in [0.15, 0.2) is 30.3 Å². The summed E-state index contributed by atoms with van der Waals surface area (Å²) in [5.74, 6) is -0.152. The summed E-state index contributed by atoms with van der Waals surface area (Å²) in [5, 5.41) is 14.2. The van der Waals surface area contributed by atoms with Crippen molar-refractivity contribution in [1.82, 2.24) is 15.5 Å². The zero-order chi connectivity index (χ0) is 16.5. The minimum absolute atomic E-state index is 0.152. The van der Waals surface area contributed by atoms with Crippen LogP contribution < -0.4 is 10.6 Å². The summed E-state index contributed by atoms with van der Waals surface area (Å²) in [5.41, 5.74) is 0.925. The summed E-state index contributed by atoms with van der Waals surface area (Å²) in [6.07, 6.45) is 0.316.